The number of hydrogen-bond donors (Lipinski definition) is 3. The number of nitrogens with zero attached hydrogens (tertiary/aromatic N) is 2. The molecule has 2 unspecified atom stereocenters. The Labute approximate surface area is 119 Å². The summed E-state index contributed by atoms with van der Waals surface area (Å²) in [6.07, 6.45) is 6.21. The summed E-state index contributed by atoms with van der Waals surface area (Å²) in [6.45, 7) is 3.06. The minimum Gasteiger partial charge on any atom is -0.391 e. The van der Waals surface area contributed by atoms with E-state index in [0.717, 1.165) is 25.3 Å². The summed E-state index contributed by atoms with van der Waals surface area (Å²) in [4.78, 5) is 20.4. The van der Waals surface area contributed by atoms with Crippen LogP contribution >= 0.6 is 0 Å². The van der Waals surface area contributed by atoms with Gasteiger partial charge in [-0.1, -0.05) is 19.8 Å². The molecule has 0 saturated heterocycles. The molecule has 2 rings (SSSR count). The quantitative estimate of drug-likeness (QED) is 0.772. The fourth-order valence-electron chi connectivity index (χ4n) is 3.16. The molecule has 6 nitrogen and oxygen atoms in total. The van der Waals surface area contributed by atoms with Crippen LogP contribution in [0.2, 0.25) is 0 Å². The van der Waals surface area contributed by atoms with Crippen molar-refractivity contribution in [2.45, 2.75) is 38.1 Å². The summed E-state index contributed by atoms with van der Waals surface area (Å²) < 4.78 is 0. The maximum Gasteiger partial charge on any atom is 0.276 e. The molecule has 1 aromatic heterocycles. The molecule has 1 aliphatic carbocycles. The van der Waals surface area contributed by atoms with Gasteiger partial charge < -0.3 is 20.9 Å². The lowest BCUT2D eigenvalue weighted by Crippen LogP contribution is -2.52. The summed E-state index contributed by atoms with van der Waals surface area (Å²) in [5.41, 5.74) is 5.73. The van der Waals surface area contributed by atoms with Crippen molar-refractivity contribution < 1.29 is 0 Å². The molecule has 4 N–H and O–H groups in total. The van der Waals surface area contributed by atoms with Gasteiger partial charge in [0.15, 0.2) is 5.82 Å². The van der Waals surface area contributed by atoms with E-state index in [2.05, 4.69) is 41.2 Å². The summed E-state index contributed by atoms with van der Waals surface area (Å²) in [6, 6.07) is 0. The van der Waals surface area contributed by atoms with Crippen LogP contribution in [0.1, 0.15) is 32.6 Å². The predicted molar refractivity (Wildman–Crippen MR) is 81.8 cm³/mol. The third kappa shape index (κ3) is 2.95. The third-order valence-electron chi connectivity index (χ3n) is 4.49. The number of nitrogens with one attached hydrogen (secondary N) is 2. The summed E-state index contributed by atoms with van der Waals surface area (Å²) in [5, 5.41) is 3.27. The highest BCUT2D eigenvalue weighted by Gasteiger charge is 2.36. The van der Waals surface area contributed by atoms with Crippen molar-refractivity contribution >= 4 is 11.5 Å². The molecule has 2 atom stereocenters. The van der Waals surface area contributed by atoms with Crippen LogP contribution in [-0.4, -0.2) is 41.0 Å². The molecule has 0 radical (unpaired) electrons. The Kier molecular flexibility index (Phi) is 4.32. The molecule has 1 heterocycles. The van der Waals surface area contributed by atoms with Gasteiger partial charge in [0.1, 0.15) is 5.69 Å². The zero-order valence-electron chi connectivity index (χ0n) is 12.6. The Hall–Kier alpha value is -1.56. The van der Waals surface area contributed by atoms with Crippen LogP contribution in [0.25, 0.3) is 0 Å². The van der Waals surface area contributed by atoms with Gasteiger partial charge in [0.2, 0.25) is 0 Å². The maximum atomic E-state index is 11.5. The minimum atomic E-state index is -0.293. The lowest BCUT2D eigenvalue weighted by atomic mass is 9.75. The Morgan fingerprint density at radius 1 is 1.60 bits per heavy atom. The zero-order chi connectivity index (χ0) is 14.8. The van der Waals surface area contributed by atoms with Gasteiger partial charge in [-0.25, -0.2) is 4.98 Å². The van der Waals surface area contributed by atoms with Gasteiger partial charge in [0.25, 0.3) is 5.56 Å². The maximum absolute atomic E-state index is 11.5. The lowest BCUT2D eigenvalue weighted by molar-refractivity contribution is 0.0882. The van der Waals surface area contributed by atoms with Crippen LogP contribution < -0.4 is 16.6 Å². The molecule has 0 aliphatic heterocycles. The molecule has 1 saturated carbocycles. The number of nitrogen functional groups attached to an aromatic ring is 1. The van der Waals surface area contributed by atoms with E-state index in [1.165, 1.54) is 19.2 Å². The van der Waals surface area contributed by atoms with Gasteiger partial charge in [0.05, 0.1) is 6.33 Å². The summed E-state index contributed by atoms with van der Waals surface area (Å²) in [7, 11) is 4.24. The first kappa shape index (κ1) is 14.8. The second-order valence-corrected chi connectivity index (χ2v) is 6.17. The molecule has 1 fully saturated rings. The van der Waals surface area contributed by atoms with Gasteiger partial charge in [-0.15, -0.1) is 0 Å². The molecule has 0 amide bonds. The Morgan fingerprint density at radius 3 is 3.00 bits per heavy atom. The van der Waals surface area contributed by atoms with Gasteiger partial charge in [-0.2, -0.15) is 0 Å². The van der Waals surface area contributed by atoms with Crippen molar-refractivity contribution in [3.05, 3.63) is 16.7 Å². The largest absolute Gasteiger partial charge is 0.391 e. The molecule has 0 bridgehead atoms. The van der Waals surface area contributed by atoms with Crippen LogP contribution in [0.5, 0.6) is 0 Å². The number of aromatic nitrogens is 2. The fourth-order valence-corrected chi connectivity index (χ4v) is 3.16. The lowest BCUT2D eigenvalue weighted by Gasteiger charge is -2.45. The van der Waals surface area contributed by atoms with Gasteiger partial charge in [0, 0.05) is 12.1 Å². The average Bonchev–Trinajstić information content (AvgIpc) is 2.40. The highest BCUT2D eigenvalue weighted by Crippen LogP contribution is 2.35. The van der Waals surface area contributed by atoms with Crippen LogP contribution in [-0.2, 0) is 0 Å². The molecule has 6 heteroatoms. The van der Waals surface area contributed by atoms with E-state index in [9.17, 15) is 4.79 Å². The van der Waals surface area contributed by atoms with Crippen molar-refractivity contribution in [2.24, 2.45) is 5.92 Å². The van der Waals surface area contributed by atoms with Crippen LogP contribution in [0.3, 0.4) is 0 Å². The SMILES string of the molecule is CC1CCCC(CNc2nc[nH]c(=O)c2N)(N(C)C)C1. The monoisotopic (exact) mass is 279 g/mol. The number of rotatable bonds is 4. The van der Waals surface area contributed by atoms with Crippen molar-refractivity contribution in [1.29, 1.82) is 0 Å². The Bertz CT molecular complexity index is 513. The number of aromatic amines is 1. The van der Waals surface area contributed by atoms with Gasteiger partial charge >= 0.3 is 0 Å². The van der Waals surface area contributed by atoms with Crippen molar-refractivity contribution in [3.63, 3.8) is 0 Å². The number of nitrogens with two attached hydrogens (primary N) is 1. The second-order valence-electron chi connectivity index (χ2n) is 6.17. The first-order valence-corrected chi connectivity index (χ1v) is 7.19. The summed E-state index contributed by atoms with van der Waals surface area (Å²) in [5.74, 6) is 1.20. The van der Waals surface area contributed by atoms with E-state index in [0.29, 0.717) is 5.82 Å². The van der Waals surface area contributed by atoms with Gasteiger partial charge in [-0.05, 0) is 32.9 Å². The predicted octanol–water partition coefficient (Wildman–Crippen LogP) is 1.27. The van der Waals surface area contributed by atoms with Gasteiger partial charge in [-0.3, -0.25) is 4.79 Å². The minimum absolute atomic E-state index is 0.106. The van der Waals surface area contributed by atoms with E-state index < -0.39 is 0 Å². The zero-order valence-corrected chi connectivity index (χ0v) is 12.6. The number of likely N-dealkylation sites (N-methyl/N-ethyl adjacent to an activating group) is 1. The standard InChI is InChI=1S/C14H25N5O/c1-10-5-4-6-14(7-10,19(2)3)8-16-12-11(15)13(20)18-9-17-12/h9-10H,4-8,15H2,1-3H3,(H2,16,17,18,20). The number of anilines is 2. The molecule has 112 valence electrons. The second kappa shape index (κ2) is 5.83. The highest BCUT2D eigenvalue weighted by atomic mass is 16.1. The first-order valence-electron chi connectivity index (χ1n) is 7.19. The molecule has 0 spiro atoms. The van der Waals surface area contributed by atoms with E-state index in [4.69, 9.17) is 5.73 Å². The Balaban J connectivity index is 2.13. The summed E-state index contributed by atoms with van der Waals surface area (Å²) >= 11 is 0. The van der Waals surface area contributed by atoms with Crippen LogP contribution in [0, 0.1) is 5.92 Å². The smallest absolute Gasteiger partial charge is 0.276 e. The normalized spacial score (nSPS) is 26.7. The van der Waals surface area contributed by atoms with Crippen LogP contribution in [0.4, 0.5) is 11.5 Å². The molecular weight excluding hydrogens is 254 g/mol. The molecule has 20 heavy (non-hydrogen) atoms. The van der Waals surface area contributed by atoms with E-state index in [1.807, 2.05) is 0 Å². The van der Waals surface area contributed by atoms with Crippen molar-refractivity contribution in [1.82, 2.24) is 14.9 Å². The van der Waals surface area contributed by atoms with E-state index >= 15 is 0 Å². The Morgan fingerprint density at radius 2 is 2.35 bits per heavy atom. The average molecular weight is 279 g/mol. The number of hydrogen-bond acceptors (Lipinski definition) is 5. The molecule has 0 aromatic carbocycles. The third-order valence-corrected chi connectivity index (χ3v) is 4.49. The van der Waals surface area contributed by atoms with Crippen molar-refractivity contribution in [2.75, 3.05) is 31.7 Å². The topological polar surface area (TPSA) is 87.0 Å². The first-order chi connectivity index (χ1) is 9.44. The number of H-pyrrole nitrogens is 1. The van der Waals surface area contributed by atoms with E-state index in [-0.39, 0.29) is 16.8 Å². The molecule has 1 aliphatic rings. The fraction of sp³-hybridized carbons (Fsp3) is 0.714. The van der Waals surface area contributed by atoms with Crippen LogP contribution in [0.15, 0.2) is 11.1 Å². The van der Waals surface area contributed by atoms with E-state index in [1.54, 1.807) is 0 Å². The molecular formula is C14H25N5O. The van der Waals surface area contributed by atoms with Crippen molar-refractivity contribution in [3.8, 4) is 0 Å². The highest BCUT2D eigenvalue weighted by molar-refractivity contribution is 5.59. The molecule has 1 aromatic rings.